The first-order valence-corrected chi connectivity index (χ1v) is 12.9. The molecule has 2 amide bonds. The van der Waals surface area contributed by atoms with Crippen molar-refractivity contribution in [1.82, 2.24) is 19.7 Å². The Bertz CT molecular complexity index is 1070. The van der Waals surface area contributed by atoms with Gasteiger partial charge >= 0.3 is 0 Å². The third kappa shape index (κ3) is 6.08. The molecular formula is C20H28N6O4S2. The highest BCUT2D eigenvalue weighted by molar-refractivity contribution is 8.00. The molecule has 0 radical (unpaired) electrons. The number of nitrogens with two attached hydrogens (primary N) is 1. The Morgan fingerprint density at radius 2 is 1.94 bits per heavy atom. The van der Waals surface area contributed by atoms with E-state index < -0.39 is 15.3 Å². The van der Waals surface area contributed by atoms with Gasteiger partial charge in [-0.1, -0.05) is 18.2 Å². The predicted octanol–water partition coefficient (Wildman–Crippen LogP) is 1.97. The molecule has 1 aliphatic rings. The van der Waals surface area contributed by atoms with Gasteiger partial charge in [0.1, 0.15) is 0 Å². The van der Waals surface area contributed by atoms with Crippen LogP contribution in [-0.2, 0) is 32.7 Å². The number of anilines is 1. The lowest BCUT2D eigenvalue weighted by Gasteiger charge is -2.20. The summed E-state index contributed by atoms with van der Waals surface area (Å²) < 4.78 is 24.6. The van der Waals surface area contributed by atoms with Crippen molar-refractivity contribution in [3.8, 4) is 0 Å². The number of aromatic nitrogens is 3. The zero-order valence-electron chi connectivity index (χ0n) is 18.2. The van der Waals surface area contributed by atoms with Crippen LogP contribution in [0.5, 0.6) is 0 Å². The molecule has 0 unspecified atom stereocenters. The van der Waals surface area contributed by atoms with E-state index in [1.165, 1.54) is 36.0 Å². The highest BCUT2D eigenvalue weighted by Crippen LogP contribution is 2.25. The maximum atomic E-state index is 12.6. The summed E-state index contributed by atoms with van der Waals surface area (Å²) >= 11 is 1.28. The lowest BCUT2D eigenvalue weighted by Crippen LogP contribution is -2.31. The highest BCUT2D eigenvalue weighted by Gasteiger charge is 2.23. The standard InChI is InChI=1S/C20H28N6O4S2/c1-3-26-17(13-25-12-6-4-5-7-18(25)27)23-24-20(26)31-14(2)19(28)22-15-8-10-16(11-9-15)32(21,29)30/h8-11,14H,3-7,12-13H2,1-2H3,(H,22,28)(H2,21,29,30)/t14-/m1/s1. The van der Waals surface area contributed by atoms with Crippen molar-refractivity contribution in [1.29, 1.82) is 0 Å². The molecule has 1 aromatic carbocycles. The number of amides is 2. The van der Waals surface area contributed by atoms with Crippen LogP contribution in [0.4, 0.5) is 5.69 Å². The summed E-state index contributed by atoms with van der Waals surface area (Å²) in [6, 6.07) is 5.65. The van der Waals surface area contributed by atoms with Crippen LogP contribution in [0, 0.1) is 0 Å². The molecule has 3 N–H and O–H groups in total. The first-order valence-electron chi connectivity index (χ1n) is 10.5. The zero-order valence-corrected chi connectivity index (χ0v) is 19.8. The molecule has 0 aliphatic carbocycles. The van der Waals surface area contributed by atoms with Crippen LogP contribution >= 0.6 is 11.8 Å². The van der Waals surface area contributed by atoms with Crippen molar-refractivity contribution in [2.24, 2.45) is 5.14 Å². The van der Waals surface area contributed by atoms with Crippen LogP contribution in [0.25, 0.3) is 0 Å². The number of carbonyl (C=O) groups excluding carboxylic acids is 2. The molecule has 2 heterocycles. The van der Waals surface area contributed by atoms with E-state index in [-0.39, 0.29) is 16.7 Å². The number of carbonyl (C=O) groups is 2. The lowest BCUT2D eigenvalue weighted by molar-refractivity contribution is -0.131. The van der Waals surface area contributed by atoms with E-state index in [1.54, 1.807) is 6.92 Å². The number of hydrogen-bond donors (Lipinski definition) is 2. The average molecular weight is 481 g/mol. The molecule has 0 bridgehead atoms. The van der Waals surface area contributed by atoms with Crippen LogP contribution in [0.1, 0.15) is 45.4 Å². The molecule has 32 heavy (non-hydrogen) atoms. The maximum Gasteiger partial charge on any atom is 0.238 e. The van der Waals surface area contributed by atoms with Crippen LogP contribution in [0.15, 0.2) is 34.3 Å². The molecule has 10 nitrogen and oxygen atoms in total. The third-order valence-electron chi connectivity index (χ3n) is 5.22. The topological polar surface area (TPSA) is 140 Å². The number of hydrogen-bond acceptors (Lipinski definition) is 7. The molecule has 0 saturated carbocycles. The van der Waals surface area contributed by atoms with Gasteiger partial charge in [-0.25, -0.2) is 13.6 Å². The first-order chi connectivity index (χ1) is 15.2. The van der Waals surface area contributed by atoms with Crippen molar-refractivity contribution >= 4 is 39.3 Å². The fourth-order valence-electron chi connectivity index (χ4n) is 3.40. The molecule has 12 heteroatoms. The van der Waals surface area contributed by atoms with E-state index in [0.29, 0.717) is 36.2 Å². The second-order valence-electron chi connectivity index (χ2n) is 7.59. The van der Waals surface area contributed by atoms with Gasteiger partial charge in [0, 0.05) is 25.2 Å². The summed E-state index contributed by atoms with van der Waals surface area (Å²) in [4.78, 5) is 26.7. The Morgan fingerprint density at radius 1 is 1.22 bits per heavy atom. The number of nitrogens with one attached hydrogen (secondary N) is 1. The minimum absolute atomic E-state index is 0.0237. The molecule has 1 atom stereocenters. The molecule has 3 rings (SSSR count). The summed E-state index contributed by atoms with van der Waals surface area (Å²) in [5, 5.41) is 16.5. The number of thioether (sulfide) groups is 1. The molecule has 1 fully saturated rings. The van der Waals surface area contributed by atoms with E-state index in [0.717, 1.165) is 25.8 Å². The Labute approximate surface area is 192 Å². The number of sulfonamides is 1. The summed E-state index contributed by atoms with van der Waals surface area (Å²) in [6.45, 7) is 5.48. The van der Waals surface area contributed by atoms with Gasteiger partial charge in [0.05, 0.1) is 16.7 Å². The molecular weight excluding hydrogens is 452 g/mol. The number of likely N-dealkylation sites (tertiary alicyclic amines) is 1. The highest BCUT2D eigenvalue weighted by atomic mass is 32.2. The van der Waals surface area contributed by atoms with Crippen LogP contribution < -0.4 is 10.5 Å². The summed E-state index contributed by atoms with van der Waals surface area (Å²) in [6.07, 6.45) is 3.54. The predicted molar refractivity (Wildman–Crippen MR) is 121 cm³/mol. The van der Waals surface area contributed by atoms with Crippen LogP contribution in [0.2, 0.25) is 0 Å². The van der Waals surface area contributed by atoms with E-state index in [4.69, 9.17) is 5.14 Å². The molecule has 2 aromatic rings. The summed E-state index contributed by atoms with van der Waals surface area (Å²) in [5.41, 5.74) is 0.465. The first kappa shape index (κ1) is 24.2. The minimum Gasteiger partial charge on any atom is -0.335 e. The summed E-state index contributed by atoms with van der Waals surface area (Å²) in [7, 11) is -3.79. The Hall–Kier alpha value is -2.44. The van der Waals surface area contributed by atoms with Crippen LogP contribution in [-0.4, -0.2) is 51.7 Å². The number of rotatable bonds is 8. The van der Waals surface area contributed by atoms with Crippen molar-refractivity contribution in [2.45, 2.75) is 67.9 Å². The second-order valence-corrected chi connectivity index (χ2v) is 10.5. The van der Waals surface area contributed by atoms with E-state index in [9.17, 15) is 18.0 Å². The lowest BCUT2D eigenvalue weighted by atomic mass is 10.2. The van der Waals surface area contributed by atoms with E-state index >= 15 is 0 Å². The van der Waals surface area contributed by atoms with Gasteiger partial charge in [0.2, 0.25) is 21.8 Å². The van der Waals surface area contributed by atoms with E-state index in [2.05, 4.69) is 15.5 Å². The Kier molecular flexibility index (Phi) is 7.91. The number of nitrogens with zero attached hydrogens (tertiary/aromatic N) is 4. The minimum atomic E-state index is -3.79. The number of benzene rings is 1. The molecule has 1 aromatic heterocycles. The maximum absolute atomic E-state index is 12.6. The smallest absolute Gasteiger partial charge is 0.238 e. The van der Waals surface area contributed by atoms with Crippen molar-refractivity contribution in [3.63, 3.8) is 0 Å². The fraction of sp³-hybridized carbons (Fsp3) is 0.500. The van der Waals surface area contributed by atoms with Gasteiger partial charge in [0.25, 0.3) is 0 Å². The van der Waals surface area contributed by atoms with Crippen LogP contribution in [0.3, 0.4) is 0 Å². The SMILES string of the molecule is CCn1c(CN2CCCCCC2=O)nnc1S[C@H](C)C(=O)Nc1ccc(S(N)(=O)=O)cc1. The van der Waals surface area contributed by atoms with Gasteiger partial charge in [0.15, 0.2) is 11.0 Å². The van der Waals surface area contributed by atoms with Gasteiger partial charge in [-0.2, -0.15) is 0 Å². The molecule has 174 valence electrons. The quantitative estimate of drug-likeness (QED) is 0.550. The Balaban J connectivity index is 1.64. The molecule has 1 saturated heterocycles. The van der Waals surface area contributed by atoms with E-state index in [1.807, 2.05) is 16.4 Å². The second kappa shape index (κ2) is 10.5. The molecule has 1 aliphatic heterocycles. The van der Waals surface area contributed by atoms with Gasteiger partial charge in [-0.05, 0) is 51.0 Å². The van der Waals surface area contributed by atoms with Gasteiger partial charge in [-0.3, -0.25) is 9.59 Å². The monoisotopic (exact) mass is 480 g/mol. The van der Waals surface area contributed by atoms with Gasteiger partial charge in [-0.15, -0.1) is 10.2 Å². The van der Waals surface area contributed by atoms with Crippen molar-refractivity contribution in [3.05, 3.63) is 30.1 Å². The normalized spacial score (nSPS) is 16.0. The largest absolute Gasteiger partial charge is 0.335 e. The third-order valence-corrected chi connectivity index (χ3v) is 7.22. The Morgan fingerprint density at radius 3 is 2.59 bits per heavy atom. The van der Waals surface area contributed by atoms with Crippen molar-refractivity contribution < 1.29 is 18.0 Å². The average Bonchev–Trinajstić information content (AvgIpc) is 3.00. The fourth-order valence-corrected chi connectivity index (χ4v) is 4.85. The van der Waals surface area contributed by atoms with Gasteiger partial charge < -0.3 is 14.8 Å². The summed E-state index contributed by atoms with van der Waals surface area (Å²) in [5.74, 6) is 0.591. The van der Waals surface area contributed by atoms with Crippen molar-refractivity contribution in [2.75, 3.05) is 11.9 Å². The number of primary sulfonamides is 1. The molecule has 0 spiro atoms. The zero-order chi connectivity index (χ0) is 23.3.